The molecule has 5 heteroatoms. The summed E-state index contributed by atoms with van der Waals surface area (Å²) < 4.78 is 4.80. The van der Waals surface area contributed by atoms with Crippen LogP contribution in [0.25, 0.3) is 0 Å². The van der Waals surface area contributed by atoms with E-state index in [9.17, 15) is 4.79 Å². The summed E-state index contributed by atoms with van der Waals surface area (Å²) in [5.41, 5.74) is 0.378. The topological polar surface area (TPSA) is 51.2 Å². The van der Waals surface area contributed by atoms with Crippen molar-refractivity contribution in [2.45, 2.75) is 27.7 Å². The van der Waals surface area contributed by atoms with E-state index in [0.717, 1.165) is 11.7 Å². The first-order chi connectivity index (χ1) is 7.27. The maximum Gasteiger partial charge on any atom is 0.357 e. The summed E-state index contributed by atoms with van der Waals surface area (Å²) in [6.45, 7) is 8.93. The third-order valence-electron chi connectivity index (χ3n) is 1.32. The first-order valence-electron chi connectivity index (χ1n) is 5.14. The number of hydrogen-bond acceptors (Lipinski definition) is 5. The molecule has 0 fully saturated rings. The van der Waals surface area contributed by atoms with Crippen LogP contribution in [0.15, 0.2) is 5.38 Å². The van der Waals surface area contributed by atoms with Crippen molar-refractivity contribution in [2.75, 3.05) is 18.5 Å². The predicted molar refractivity (Wildman–Crippen MR) is 63.6 cm³/mol. The summed E-state index contributed by atoms with van der Waals surface area (Å²) >= 11 is 1.41. The molecule has 0 bridgehead atoms. The molecule has 0 aliphatic heterocycles. The maximum atomic E-state index is 11.2. The van der Waals surface area contributed by atoms with Gasteiger partial charge >= 0.3 is 5.97 Å². The van der Waals surface area contributed by atoms with E-state index < -0.39 is 0 Å². The van der Waals surface area contributed by atoms with E-state index >= 15 is 0 Å². The van der Waals surface area contributed by atoms with Crippen molar-refractivity contribution in [3.8, 4) is 0 Å². The molecule has 0 saturated heterocycles. The van der Waals surface area contributed by atoms with Crippen LogP contribution in [0.1, 0.15) is 38.2 Å². The Labute approximate surface area is 94.7 Å². The average molecular weight is 230 g/mol. The van der Waals surface area contributed by atoms with Gasteiger partial charge in [0, 0.05) is 11.9 Å². The van der Waals surface area contributed by atoms with E-state index in [-0.39, 0.29) is 5.97 Å². The molecule has 0 unspecified atom stereocenters. The van der Waals surface area contributed by atoms with E-state index in [1.807, 2.05) is 20.8 Å². The fraction of sp³-hybridized carbons (Fsp3) is 0.600. The van der Waals surface area contributed by atoms with Gasteiger partial charge in [-0.2, -0.15) is 0 Å². The summed E-state index contributed by atoms with van der Waals surface area (Å²) in [6, 6.07) is 0. The zero-order valence-corrected chi connectivity index (χ0v) is 10.5. The van der Waals surface area contributed by atoms with Crippen LogP contribution in [-0.2, 0) is 4.74 Å². The van der Waals surface area contributed by atoms with Crippen LogP contribution in [0.5, 0.6) is 0 Å². The highest BCUT2D eigenvalue weighted by atomic mass is 32.1. The Balaban J connectivity index is 0.000000921. The van der Waals surface area contributed by atoms with Crippen molar-refractivity contribution in [2.24, 2.45) is 0 Å². The van der Waals surface area contributed by atoms with Crippen LogP contribution in [0.3, 0.4) is 0 Å². The first kappa shape index (κ1) is 13.9. The van der Waals surface area contributed by atoms with Crippen molar-refractivity contribution in [1.82, 2.24) is 4.98 Å². The maximum absolute atomic E-state index is 11.2. The minimum Gasteiger partial charge on any atom is -0.461 e. The Hall–Kier alpha value is -1.10. The Bertz CT molecular complexity index is 287. The molecular formula is C10H18N2O2S. The fourth-order valence-electron chi connectivity index (χ4n) is 0.805. The molecular weight excluding hydrogens is 212 g/mol. The van der Waals surface area contributed by atoms with Gasteiger partial charge in [-0.05, 0) is 13.8 Å². The molecule has 1 aromatic heterocycles. The van der Waals surface area contributed by atoms with Crippen LogP contribution >= 0.6 is 11.3 Å². The van der Waals surface area contributed by atoms with E-state index in [1.165, 1.54) is 11.3 Å². The van der Waals surface area contributed by atoms with Crippen molar-refractivity contribution in [1.29, 1.82) is 0 Å². The van der Waals surface area contributed by atoms with Gasteiger partial charge in [0.05, 0.1) is 6.61 Å². The number of thiazole rings is 1. The van der Waals surface area contributed by atoms with Crippen molar-refractivity contribution < 1.29 is 9.53 Å². The molecule has 86 valence electrons. The highest BCUT2D eigenvalue weighted by Crippen LogP contribution is 2.15. The van der Waals surface area contributed by atoms with Gasteiger partial charge in [-0.3, -0.25) is 0 Å². The quantitative estimate of drug-likeness (QED) is 0.808. The number of esters is 1. The highest BCUT2D eigenvalue weighted by molar-refractivity contribution is 7.13. The van der Waals surface area contributed by atoms with Crippen LogP contribution in [0.4, 0.5) is 5.13 Å². The largest absolute Gasteiger partial charge is 0.461 e. The van der Waals surface area contributed by atoms with Gasteiger partial charge in [0.25, 0.3) is 0 Å². The second kappa shape index (κ2) is 8.23. The number of carbonyl (C=O) groups excluding carboxylic acids is 1. The van der Waals surface area contributed by atoms with Gasteiger partial charge in [-0.1, -0.05) is 13.8 Å². The number of rotatable bonds is 4. The Morgan fingerprint density at radius 3 is 2.73 bits per heavy atom. The molecule has 1 heterocycles. The third-order valence-corrected chi connectivity index (χ3v) is 2.12. The number of nitrogens with zero attached hydrogens (tertiary/aromatic N) is 1. The molecule has 1 N–H and O–H groups in total. The highest BCUT2D eigenvalue weighted by Gasteiger charge is 2.10. The molecule has 1 rings (SSSR count). The standard InChI is InChI=1S/C8H12N2O2S.C2H6/c1-3-9-8-10-6(5-13-8)7(11)12-4-2;1-2/h5H,3-4H2,1-2H3,(H,9,10);1-2H3. The van der Waals surface area contributed by atoms with E-state index in [0.29, 0.717) is 12.3 Å². The molecule has 1 aromatic rings. The number of aromatic nitrogens is 1. The van der Waals surface area contributed by atoms with E-state index in [2.05, 4.69) is 10.3 Å². The minimum atomic E-state index is -0.358. The van der Waals surface area contributed by atoms with Crippen LogP contribution in [0.2, 0.25) is 0 Å². The molecule has 15 heavy (non-hydrogen) atoms. The molecule has 0 spiro atoms. The lowest BCUT2D eigenvalue weighted by Gasteiger charge is -1.96. The van der Waals surface area contributed by atoms with Gasteiger partial charge in [-0.25, -0.2) is 9.78 Å². The minimum absolute atomic E-state index is 0.358. The van der Waals surface area contributed by atoms with Crippen LogP contribution < -0.4 is 5.32 Å². The molecule has 0 radical (unpaired) electrons. The lowest BCUT2D eigenvalue weighted by Crippen LogP contribution is -2.05. The number of hydrogen-bond donors (Lipinski definition) is 1. The summed E-state index contributed by atoms with van der Waals surface area (Å²) in [7, 11) is 0. The SMILES string of the molecule is CC.CCNc1nc(C(=O)OCC)cs1. The summed E-state index contributed by atoms with van der Waals surface area (Å²) in [5, 5.41) is 5.47. The van der Waals surface area contributed by atoms with Gasteiger partial charge in [0.2, 0.25) is 0 Å². The normalized spacial score (nSPS) is 8.80. The fourth-order valence-corrected chi connectivity index (χ4v) is 1.56. The number of ether oxygens (including phenoxy) is 1. The Morgan fingerprint density at radius 2 is 2.20 bits per heavy atom. The molecule has 0 amide bonds. The van der Waals surface area contributed by atoms with Crippen LogP contribution in [-0.4, -0.2) is 24.1 Å². The van der Waals surface area contributed by atoms with Gasteiger partial charge in [-0.15, -0.1) is 11.3 Å². The average Bonchev–Trinajstić information content (AvgIpc) is 2.70. The summed E-state index contributed by atoms with van der Waals surface area (Å²) in [4.78, 5) is 15.2. The van der Waals surface area contributed by atoms with Gasteiger partial charge < -0.3 is 10.1 Å². The monoisotopic (exact) mass is 230 g/mol. The predicted octanol–water partition coefficient (Wildman–Crippen LogP) is 2.78. The molecule has 0 atom stereocenters. The van der Waals surface area contributed by atoms with Crippen LogP contribution in [0, 0.1) is 0 Å². The first-order valence-corrected chi connectivity index (χ1v) is 6.02. The Kier molecular flexibility index (Phi) is 7.62. The molecule has 0 aliphatic rings. The van der Waals surface area contributed by atoms with Crippen molar-refractivity contribution in [3.63, 3.8) is 0 Å². The smallest absolute Gasteiger partial charge is 0.357 e. The Morgan fingerprint density at radius 1 is 1.53 bits per heavy atom. The van der Waals surface area contributed by atoms with Gasteiger partial charge in [0.15, 0.2) is 10.8 Å². The number of anilines is 1. The molecule has 0 saturated carbocycles. The molecule has 4 nitrogen and oxygen atoms in total. The molecule has 0 aliphatic carbocycles. The summed E-state index contributed by atoms with van der Waals surface area (Å²) in [5.74, 6) is -0.358. The van der Waals surface area contributed by atoms with Gasteiger partial charge in [0.1, 0.15) is 0 Å². The number of carbonyl (C=O) groups is 1. The second-order valence-corrected chi connectivity index (χ2v) is 3.15. The lowest BCUT2D eigenvalue weighted by atomic mass is 10.5. The summed E-state index contributed by atoms with van der Waals surface area (Å²) in [6.07, 6.45) is 0. The van der Waals surface area contributed by atoms with E-state index in [4.69, 9.17) is 4.74 Å². The van der Waals surface area contributed by atoms with Crippen molar-refractivity contribution in [3.05, 3.63) is 11.1 Å². The van der Waals surface area contributed by atoms with Crippen molar-refractivity contribution >= 4 is 22.4 Å². The van der Waals surface area contributed by atoms with E-state index in [1.54, 1.807) is 12.3 Å². The lowest BCUT2D eigenvalue weighted by molar-refractivity contribution is 0.0520. The zero-order chi connectivity index (χ0) is 11.7. The molecule has 0 aromatic carbocycles. The zero-order valence-electron chi connectivity index (χ0n) is 9.66. The second-order valence-electron chi connectivity index (χ2n) is 2.29. The third kappa shape index (κ3) is 4.78. The number of nitrogens with one attached hydrogen (secondary N) is 1.